The first-order chi connectivity index (χ1) is 4.83. The number of amides is 2. The van der Waals surface area contributed by atoms with Crippen LogP contribution in [0, 0.1) is 0 Å². The molecule has 0 aromatic heterocycles. The van der Waals surface area contributed by atoms with Crippen LogP contribution in [0.1, 0.15) is 6.42 Å². The van der Waals surface area contributed by atoms with Crippen LogP contribution >= 0.6 is 0 Å². The largest absolute Gasteiger partial charge is 0.376 e. The molecule has 2 amide bonds. The smallest absolute Gasteiger partial charge is 0.314 e. The number of hydrogen-bond acceptors (Lipinski definition) is 2. The van der Waals surface area contributed by atoms with Crippen molar-refractivity contribution in [3.8, 4) is 0 Å². The second kappa shape index (κ2) is 3.41. The van der Waals surface area contributed by atoms with Crippen LogP contribution in [-0.4, -0.2) is 32.3 Å². The third kappa shape index (κ3) is 1.88. The first kappa shape index (κ1) is 7.34. The number of ether oxygens (including phenoxy) is 1. The summed E-state index contributed by atoms with van der Waals surface area (Å²) in [4.78, 5) is 10.6. The number of hydrogen-bond donors (Lipinski definition) is 2. The summed E-state index contributed by atoms with van der Waals surface area (Å²) in [6.07, 6.45) is 1.31. The molecule has 2 N–H and O–H groups in total. The molecule has 1 rings (SSSR count). The molecular weight excluding hydrogens is 132 g/mol. The van der Waals surface area contributed by atoms with E-state index in [4.69, 9.17) is 4.74 Å². The average molecular weight is 144 g/mol. The van der Waals surface area contributed by atoms with Crippen molar-refractivity contribution in [2.45, 2.75) is 12.5 Å². The Kier molecular flexibility index (Phi) is 2.50. The SMILES string of the molecule is CNC(=O)NCC1CCO1. The van der Waals surface area contributed by atoms with E-state index < -0.39 is 0 Å². The van der Waals surface area contributed by atoms with E-state index >= 15 is 0 Å². The third-order valence-corrected chi connectivity index (χ3v) is 1.51. The molecule has 0 spiro atoms. The molecule has 1 aliphatic rings. The van der Waals surface area contributed by atoms with Crippen molar-refractivity contribution in [1.29, 1.82) is 0 Å². The molecule has 1 fully saturated rings. The van der Waals surface area contributed by atoms with Gasteiger partial charge in [0.1, 0.15) is 0 Å². The highest BCUT2D eigenvalue weighted by molar-refractivity contribution is 5.73. The maximum absolute atomic E-state index is 10.6. The normalized spacial score (nSPS) is 23.1. The number of carbonyl (C=O) groups excluding carboxylic acids is 1. The van der Waals surface area contributed by atoms with Gasteiger partial charge in [-0.2, -0.15) is 0 Å². The minimum absolute atomic E-state index is 0.143. The summed E-state index contributed by atoms with van der Waals surface area (Å²) in [7, 11) is 1.59. The molecule has 0 radical (unpaired) electrons. The van der Waals surface area contributed by atoms with Crippen molar-refractivity contribution in [1.82, 2.24) is 10.6 Å². The van der Waals surface area contributed by atoms with Crippen LogP contribution in [0.15, 0.2) is 0 Å². The van der Waals surface area contributed by atoms with Gasteiger partial charge in [-0.05, 0) is 6.42 Å². The molecular formula is C6H12N2O2. The maximum atomic E-state index is 10.6. The standard InChI is InChI=1S/C6H12N2O2/c1-7-6(9)8-4-5-2-3-10-5/h5H,2-4H2,1H3,(H2,7,8,9). The Morgan fingerprint density at radius 2 is 2.50 bits per heavy atom. The minimum Gasteiger partial charge on any atom is -0.376 e. The van der Waals surface area contributed by atoms with E-state index in [1.54, 1.807) is 7.05 Å². The van der Waals surface area contributed by atoms with Crippen LogP contribution in [0.2, 0.25) is 0 Å². The lowest BCUT2D eigenvalue weighted by atomic mass is 10.2. The number of rotatable bonds is 2. The third-order valence-electron chi connectivity index (χ3n) is 1.51. The van der Waals surface area contributed by atoms with Crippen molar-refractivity contribution in [2.75, 3.05) is 20.2 Å². The van der Waals surface area contributed by atoms with Gasteiger partial charge in [0.05, 0.1) is 6.10 Å². The minimum atomic E-state index is -0.143. The van der Waals surface area contributed by atoms with Crippen molar-refractivity contribution in [3.63, 3.8) is 0 Å². The summed E-state index contributed by atoms with van der Waals surface area (Å²) >= 11 is 0. The highest BCUT2D eigenvalue weighted by atomic mass is 16.5. The summed E-state index contributed by atoms with van der Waals surface area (Å²) in [5.74, 6) is 0. The average Bonchev–Trinajstić information content (AvgIpc) is 1.84. The van der Waals surface area contributed by atoms with E-state index in [0.717, 1.165) is 13.0 Å². The molecule has 58 valence electrons. The predicted molar refractivity (Wildman–Crippen MR) is 36.8 cm³/mol. The molecule has 0 aliphatic carbocycles. The molecule has 4 heteroatoms. The predicted octanol–water partition coefficient (Wildman–Crippen LogP) is -0.296. The fourth-order valence-electron chi connectivity index (χ4n) is 0.740. The van der Waals surface area contributed by atoms with Gasteiger partial charge in [-0.1, -0.05) is 0 Å². The van der Waals surface area contributed by atoms with Gasteiger partial charge in [0, 0.05) is 20.2 Å². The van der Waals surface area contributed by atoms with Gasteiger partial charge >= 0.3 is 6.03 Å². The Bertz CT molecular complexity index is 123. The number of urea groups is 1. The Labute approximate surface area is 59.9 Å². The lowest BCUT2D eigenvalue weighted by molar-refractivity contribution is -0.0467. The van der Waals surface area contributed by atoms with E-state index in [2.05, 4.69) is 10.6 Å². The van der Waals surface area contributed by atoms with Crippen LogP contribution in [-0.2, 0) is 4.74 Å². The van der Waals surface area contributed by atoms with Crippen LogP contribution in [0.5, 0.6) is 0 Å². The monoisotopic (exact) mass is 144 g/mol. The molecule has 10 heavy (non-hydrogen) atoms. The number of carbonyl (C=O) groups is 1. The van der Waals surface area contributed by atoms with E-state index in [1.165, 1.54) is 0 Å². The van der Waals surface area contributed by atoms with Crippen LogP contribution in [0.4, 0.5) is 4.79 Å². The van der Waals surface area contributed by atoms with Crippen molar-refractivity contribution in [3.05, 3.63) is 0 Å². The summed E-state index contributed by atoms with van der Waals surface area (Å²) in [6, 6.07) is -0.143. The molecule has 1 heterocycles. The fourth-order valence-corrected chi connectivity index (χ4v) is 0.740. The molecule has 1 aliphatic heterocycles. The van der Waals surface area contributed by atoms with E-state index in [1.807, 2.05) is 0 Å². The zero-order valence-electron chi connectivity index (χ0n) is 6.02. The van der Waals surface area contributed by atoms with Gasteiger partial charge in [-0.15, -0.1) is 0 Å². The Morgan fingerprint density at radius 1 is 1.80 bits per heavy atom. The second-order valence-corrected chi connectivity index (χ2v) is 2.24. The van der Waals surface area contributed by atoms with Gasteiger partial charge in [0.15, 0.2) is 0 Å². The zero-order chi connectivity index (χ0) is 7.40. The molecule has 0 aromatic carbocycles. The topological polar surface area (TPSA) is 50.4 Å². The van der Waals surface area contributed by atoms with Gasteiger partial charge in [0.2, 0.25) is 0 Å². The summed E-state index contributed by atoms with van der Waals surface area (Å²) in [5, 5.41) is 5.12. The molecule has 0 saturated carbocycles. The van der Waals surface area contributed by atoms with Gasteiger partial charge < -0.3 is 15.4 Å². The quantitative estimate of drug-likeness (QED) is 0.559. The highest BCUT2D eigenvalue weighted by Gasteiger charge is 2.17. The molecule has 0 bridgehead atoms. The van der Waals surface area contributed by atoms with Gasteiger partial charge in [-0.25, -0.2) is 4.79 Å². The number of nitrogens with one attached hydrogen (secondary N) is 2. The Hall–Kier alpha value is -0.770. The van der Waals surface area contributed by atoms with Crippen LogP contribution < -0.4 is 10.6 Å². The van der Waals surface area contributed by atoms with Crippen molar-refractivity contribution < 1.29 is 9.53 Å². The lowest BCUT2D eigenvalue weighted by Gasteiger charge is -2.26. The lowest BCUT2D eigenvalue weighted by Crippen LogP contribution is -2.42. The maximum Gasteiger partial charge on any atom is 0.314 e. The Balaban J connectivity index is 1.98. The summed E-state index contributed by atoms with van der Waals surface area (Å²) in [6.45, 7) is 1.46. The second-order valence-electron chi connectivity index (χ2n) is 2.24. The van der Waals surface area contributed by atoms with Gasteiger partial charge in [-0.3, -0.25) is 0 Å². The van der Waals surface area contributed by atoms with E-state index in [0.29, 0.717) is 6.54 Å². The summed E-state index contributed by atoms with van der Waals surface area (Å²) in [5.41, 5.74) is 0. The molecule has 1 atom stereocenters. The van der Waals surface area contributed by atoms with E-state index in [-0.39, 0.29) is 12.1 Å². The fraction of sp³-hybridized carbons (Fsp3) is 0.833. The first-order valence-corrected chi connectivity index (χ1v) is 3.40. The molecule has 1 saturated heterocycles. The Morgan fingerprint density at radius 3 is 2.90 bits per heavy atom. The van der Waals surface area contributed by atoms with Crippen molar-refractivity contribution >= 4 is 6.03 Å². The highest BCUT2D eigenvalue weighted by Crippen LogP contribution is 2.08. The first-order valence-electron chi connectivity index (χ1n) is 3.40. The van der Waals surface area contributed by atoms with Crippen molar-refractivity contribution in [2.24, 2.45) is 0 Å². The van der Waals surface area contributed by atoms with Crippen LogP contribution in [0.3, 0.4) is 0 Å². The molecule has 1 unspecified atom stereocenters. The summed E-state index contributed by atoms with van der Waals surface area (Å²) < 4.78 is 5.08. The van der Waals surface area contributed by atoms with Crippen LogP contribution in [0.25, 0.3) is 0 Å². The van der Waals surface area contributed by atoms with E-state index in [9.17, 15) is 4.79 Å². The molecule has 0 aromatic rings. The zero-order valence-corrected chi connectivity index (χ0v) is 6.02. The molecule has 4 nitrogen and oxygen atoms in total. The van der Waals surface area contributed by atoms with Gasteiger partial charge in [0.25, 0.3) is 0 Å².